The Morgan fingerprint density at radius 2 is 1.67 bits per heavy atom. The number of rotatable bonds is 6. The Bertz CT molecular complexity index is 586. The van der Waals surface area contributed by atoms with Gasteiger partial charge in [-0.05, 0) is 23.3 Å². The SMILES string of the molecule is Cl.OC[C@@H](c1ccc(OCc2ccccc2)cc1)N1CCNCC1. The summed E-state index contributed by atoms with van der Waals surface area (Å²) in [6.45, 7) is 4.62. The zero-order valence-corrected chi connectivity index (χ0v) is 14.5. The lowest BCUT2D eigenvalue weighted by molar-refractivity contribution is 0.111. The largest absolute Gasteiger partial charge is 0.489 e. The minimum Gasteiger partial charge on any atom is -0.489 e. The Labute approximate surface area is 149 Å². The lowest BCUT2D eigenvalue weighted by Crippen LogP contribution is -2.46. The molecule has 2 N–H and O–H groups in total. The fourth-order valence-corrected chi connectivity index (χ4v) is 2.95. The Morgan fingerprint density at radius 3 is 2.29 bits per heavy atom. The molecule has 3 rings (SSSR count). The van der Waals surface area contributed by atoms with Gasteiger partial charge in [-0.25, -0.2) is 0 Å². The number of benzene rings is 2. The lowest BCUT2D eigenvalue weighted by Gasteiger charge is -2.34. The van der Waals surface area contributed by atoms with Gasteiger partial charge in [0.25, 0.3) is 0 Å². The number of aliphatic hydroxyl groups is 1. The van der Waals surface area contributed by atoms with Crippen molar-refractivity contribution < 1.29 is 9.84 Å². The average Bonchev–Trinajstić information content (AvgIpc) is 2.63. The van der Waals surface area contributed by atoms with Crippen LogP contribution in [0.4, 0.5) is 0 Å². The Morgan fingerprint density at radius 1 is 1.00 bits per heavy atom. The molecule has 1 saturated heterocycles. The summed E-state index contributed by atoms with van der Waals surface area (Å²) in [6.07, 6.45) is 0. The van der Waals surface area contributed by atoms with Gasteiger partial charge in [0.05, 0.1) is 12.6 Å². The second-order valence-electron chi connectivity index (χ2n) is 5.83. The zero-order chi connectivity index (χ0) is 15.9. The molecule has 5 heteroatoms. The maximum absolute atomic E-state index is 9.76. The monoisotopic (exact) mass is 348 g/mol. The summed E-state index contributed by atoms with van der Waals surface area (Å²) in [5.41, 5.74) is 2.30. The molecule has 4 nitrogen and oxygen atoms in total. The molecule has 0 saturated carbocycles. The zero-order valence-electron chi connectivity index (χ0n) is 13.7. The smallest absolute Gasteiger partial charge is 0.119 e. The number of hydrogen-bond donors (Lipinski definition) is 2. The summed E-state index contributed by atoms with van der Waals surface area (Å²) in [5.74, 6) is 0.856. The number of halogens is 1. The first-order chi connectivity index (χ1) is 11.4. The van der Waals surface area contributed by atoms with Crippen LogP contribution in [0.5, 0.6) is 5.75 Å². The summed E-state index contributed by atoms with van der Waals surface area (Å²) in [6, 6.07) is 18.3. The van der Waals surface area contributed by atoms with E-state index in [4.69, 9.17) is 4.74 Å². The molecule has 0 spiro atoms. The molecule has 2 aromatic carbocycles. The van der Waals surface area contributed by atoms with Crippen molar-refractivity contribution in [1.29, 1.82) is 0 Å². The van der Waals surface area contributed by atoms with Gasteiger partial charge in [0.2, 0.25) is 0 Å². The van der Waals surface area contributed by atoms with Crippen molar-refractivity contribution in [2.24, 2.45) is 0 Å². The molecular weight excluding hydrogens is 324 g/mol. The molecule has 1 fully saturated rings. The van der Waals surface area contributed by atoms with Crippen molar-refractivity contribution >= 4 is 12.4 Å². The van der Waals surface area contributed by atoms with Crippen molar-refractivity contribution in [3.8, 4) is 5.75 Å². The van der Waals surface area contributed by atoms with E-state index in [-0.39, 0.29) is 25.1 Å². The minimum absolute atomic E-state index is 0. The first kappa shape index (κ1) is 18.7. The molecule has 0 aliphatic carbocycles. The van der Waals surface area contributed by atoms with Crippen molar-refractivity contribution in [3.05, 3.63) is 65.7 Å². The van der Waals surface area contributed by atoms with Gasteiger partial charge in [-0.3, -0.25) is 4.90 Å². The van der Waals surface area contributed by atoms with Gasteiger partial charge >= 0.3 is 0 Å². The fourth-order valence-electron chi connectivity index (χ4n) is 2.95. The molecule has 1 aliphatic rings. The van der Waals surface area contributed by atoms with Crippen molar-refractivity contribution in [3.63, 3.8) is 0 Å². The highest BCUT2D eigenvalue weighted by Gasteiger charge is 2.21. The molecule has 1 heterocycles. The predicted molar refractivity (Wildman–Crippen MR) is 98.7 cm³/mol. The van der Waals surface area contributed by atoms with Crippen LogP contribution in [-0.4, -0.2) is 42.8 Å². The van der Waals surface area contributed by atoms with Crippen LogP contribution < -0.4 is 10.1 Å². The third kappa shape index (κ3) is 4.95. The van der Waals surface area contributed by atoms with Crippen LogP contribution in [0.2, 0.25) is 0 Å². The molecule has 130 valence electrons. The third-order valence-electron chi connectivity index (χ3n) is 4.28. The van der Waals surface area contributed by atoms with Gasteiger partial charge in [0.15, 0.2) is 0 Å². The highest BCUT2D eigenvalue weighted by Crippen LogP contribution is 2.23. The standard InChI is InChI=1S/C19H24N2O2.ClH/c22-14-19(21-12-10-20-11-13-21)17-6-8-18(9-7-17)23-15-16-4-2-1-3-5-16;/h1-9,19-20,22H,10-15H2;1H/t19-;/m0./s1. The fraction of sp³-hybridized carbons (Fsp3) is 0.368. The number of ether oxygens (including phenoxy) is 1. The second kappa shape index (κ2) is 9.64. The van der Waals surface area contributed by atoms with E-state index in [0.717, 1.165) is 43.1 Å². The molecule has 24 heavy (non-hydrogen) atoms. The molecule has 0 aromatic heterocycles. The van der Waals surface area contributed by atoms with Gasteiger partial charge < -0.3 is 15.2 Å². The number of piperazine rings is 1. The van der Waals surface area contributed by atoms with Crippen LogP contribution in [0.3, 0.4) is 0 Å². The maximum Gasteiger partial charge on any atom is 0.119 e. The summed E-state index contributed by atoms with van der Waals surface area (Å²) >= 11 is 0. The molecule has 0 bridgehead atoms. The van der Waals surface area contributed by atoms with Gasteiger partial charge in [-0.1, -0.05) is 42.5 Å². The van der Waals surface area contributed by atoms with Crippen molar-refractivity contribution in [2.75, 3.05) is 32.8 Å². The van der Waals surface area contributed by atoms with Gasteiger partial charge in [-0.15, -0.1) is 12.4 Å². The number of nitrogens with one attached hydrogen (secondary N) is 1. The molecule has 1 atom stereocenters. The molecule has 0 amide bonds. The summed E-state index contributed by atoms with van der Waals surface area (Å²) in [5, 5.41) is 13.1. The van der Waals surface area contributed by atoms with E-state index in [0.29, 0.717) is 6.61 Å². The topological polar surface area (TPSA) is 44.7 Å². The van der Waals surface area contributed by atoms with Crippen LogP contribution in [0.1, 0.15) is 17.2 Å². The number of hydrogen-bond acceptors (Lipinski definition) is 4. The van der Waals surface area contributed by atoms with E-state index in [2.05, 4.69) is 34.5 Å². The molecule has 0 unspecified atom stereocenters. The normalized spacial score (nSPS) is 16.2. The summed E-state index contributed by atoms with van der Waals surface area (Å²) < 4.78 is 5.82. The van der Waals surface area contributed by atoms with Crippen molar-refractivity contribution in [2.45, 2.75) is 12.6 Å². The van der Waals surface area contributed by atoms with Crippen LogP contribution >= 0.6 is 12.4 Å². The first-order valence-electron chi connectivity index (χ1n) is 8.19. The number of aliphatic hydroxyl groups excluding tert-OH is 1. The van der Waals surface area contributed by atoms with Gasteiger partial charge in [0, 0.05) is 26.2 Å². The summed E-state index contributed by atoms with van der Waals surface area (Å²) in [4.78, 5) is 2.33. The molecule has 1 aliphatic heterocycles. The summed E-state index contributed by atoms with van der Waals surface area (Å²) in [7, 11) is 0. The van der Waals surface area contributed by atoms with Crippen LogP contribution in [0.15, 0.2) is 54.6 Å². The van der Waals surface area contributed by atoms with E-state index in [1.54, 1.807) is 0 Å². The van der Waals surface area contributed by atoms with Crippen LogP contribution in [0, 0.1) is 0 Å². The molecule has 2 aromatic rings. The number of nitrogens with zero attached hydrogens (tertiary/aromatic N) is 1. The van der Waals surface area contributed by atoms with Gasteiger partial charge in [-0.2, -0.15) is 0 Å². The lowest BCUT2D eigenvalue weighted by atomic mass is 10.1. The minimum atomic E-state index is 0. The average molecular weight is 349 g/mol. The van der Waals surface area contributed by atoms with E-state index in [1.807, 2.05) is 30.3 Å². The predicted octanol–water partition coefficient (Wildman–Crippen LogP) is 2.63. The molecular formula is C19H25ClN2O2. The van der Waals surface area contributed by atoms with Crippen LogP contribution in [0.25, 0.3) is 0 Å². The second-order valence-corrected chi connectivity index (χ2v) is 5.83. The van der Waals surface area contributed by atoms with E-state index in [9.17, 15) is 5.11 Å². The Hall–Kier alpha value is -1.59. The Balaban J connectivity index is 0.00000208. The van der Waals surface area contributed by atoms with Crippen molar-refractivity contribution in [1.82, 2.24) is 10.2 Å². The Kier molecular flexibility index (Phi) is 7.53. The van der Waals surface area contributed by atoms with E-state index < -0.39 is 0 Å². The van der Waals surface area contributed by atoms with Gasteiger partial charge in [0.1, 0.15) is 12.4 Å². The van der Waals surface area contributed by atoms with Crippen LogP contribution in [-0.2, 0) is 6.61 Å². The maximum atomic E-state index is 9.76. The third-order valence-corrected chi connectivity index (χ3v) is 4.28. The first-order valence-corrected chi connectivity index (χ1v) is 8.19. The molecule has 0 radical (unpaired) electrons. The quantitative estimate of drug-likeness (QED) is 0.842. The van der Waals surface area contributed by atoms with E-state index in [1.165, 1.54) is 0 Å². The van der Waals surface area contributed by atoms with E-state index >= 15 is 0 Å². The highest BCUT2D eigenvalue weighted by atomic mass is 35.5. The highest BCUT2D eigenvalue weighted by molar-refractivity contribution is 5.85.